The summed E-state index contributed by atoms with van der Waals surface area (Å²) in [6.45, 7) is 7.31. The monoisotopic (exact) mass is 393 g/mol. The molecule has 8 heteroatoms. The molecule has 0 aromatic rings. The summed E-state index contributed by atoms with van der Waals surface area (Å²) >= 11 is 3.64. The molecule has 1 amide bonds. The lowest BCUT2D eigenvalue weighted by atomic mass is 10.0. The number of carbonyl (C=O) groups excluding carboxylic acids is 2. The van der Waals surface area contributed by atoms with Crippen molar-refractivity contribution in [2.45, 2.75) is 26.7 Å². The highest BCUT2D eigenvalue weighted by atomic mass is 32.2. The molecule has 0 saturated heterocycles. The van der Waals surface area contributed by atoms with Gasteiger partial charge < -0.3 is 21.1 Å². The average molecular weight is 394 g/mol. The molecule has 25 heavy (non-hydrogen) atoms. The third-order valence-corrected chi connectivity index (χ3v) is 6.34. The predicted molar refractivity (Wildman–Crippen MR) is 109 cm³/mol. The highest BCUT2D eigenvalue weighted by Gasteiger charge is 2.13. The molecular formula is C17H35N3O3S2. The first-order valence-electron chi connectivity index (χ1n) is 8.91. The van der Waals surface area contributed by atoms with E-state index >= 15 is 0 Å². The molecule has 0 spiro atoms. The van der Waals surface area contributed by atoms with Gasteiger partial charge in [-0.15, -0.1) is 0 Å². The van der Waals surface area contributed by atoms with Crippen molar-refractivity contribution in [3.05, 3.63) is 0 Å². The number of hydrogen-bond acceptors (Lipinski definition) is 7. The van der Waals surface area contributed by atoms with Crippen LogP contribution in [0.15, 0.2) is 0 Å². The summed E-state index contributed by atoms with van der Waals surface area (Å²) in [5.41, 5.74) is 5.38. The minimum atomic E-state index is -0.141. The Balaban J connectivity index is 3.56. The van der Waals surface area contributed by atoms with E-state index < -0.39 is 0 Å². The fourth-order valence-electron chi connectivity index (χ4n) is 1.90. The number of thioether (sulfide) groups is 2. The van der Waals surface area contributed by atoms with Gasteiger partial charge in [0.2, 0.25) is 5.91 Å². The molecule has 2 atom stereocenters. The third kappa shape index (κ3) is 15.5. The zero-order valence-corrected chi connectivity index (χ0v) is 17.5. The zero-order valence-electron chi connectivity index (χ0n) is 15.8. The summed E-state index contributed by atoms with van der Waals surface area (Å²) in [5, 5.41) is 6.05. The molecular weight excluding hydrogens is 358 g/mol. The van der Waals surface area contributed by atoms with E-state index in [2.05, 4.69) is 29.2 Å². The Hall–Kier alpha value is -0.440. The number of ether oxygens (including phenoxy) is 1. The van der Waals surface area contributed by atoms with Crippen LogP contribution in [-0.2, 0) is 14.3 Å². The van der Waals surface area contributed by atoms with Crippen LogP contribution in [0, 0.1) is 11.8 Å². The number of esters is 1. The van der Waals surface area contributed by atoms with Gasteiger partial charge in [-0.2, -0.15) is 23.5 Å². The van der Waals surface area contributed by atoms with Gasteiger partial charge in [-0.3, -0.25) is 9.59 Å². The van der Waals surface area contributed by atoms with Crippen LogP contribution in [0.1, 0.15) is 26.7 Å². The quantitative estimate of drug-likeness (QED) is 0.269. The highest BCUT2D eigenvalue weighted by Crippen LogP contribution is 2.21. The maximum Gasteiger partial charge on any atom is 0.306 e. The van der Waals surface area contributed by atoms with E-state index in [1.54, 1.807) is 11.8 Å². The fraction of sp³-hybridized carbons (Fsp3) is 0.882. The van der Waals surface area contributed by atoms with Gasteiger partial charge in [-0.05, 0) is 23.3 Å². The van der Waals surface area contributed by atoms with E-state index in [1.165, 1.54) is 7.11 Å². The largest absolute Gasteiger partial charge is 0.469 e. The van der Waals surface area contributed by atoms with Crippen molar-refractivity contribution in [1.82, 2.24) is 10.6 Å². The number of nitrogens with one attached hydrogen (secondary N) is 2. The van der Waals surface area contributed by atoms with Crippen LogP contribution in [0.2, 0.25) is 0 Å². The molecule has 0 aliphatic rings. The lowest BCUT2D eigenvalue weighted by Crippen LogP contribution is -2.33. The molecule has 0 aromatic heterocycles. The van der Waals surface area contributed by atoms with E-state index in [1.807, 2.05) is 11.8 Å². The molecule has 4 N–H and O–H groups in total. The standard InChI is InChI=1S/C17H35N3O3S2/c1-14(15(2)13-25-11-5-17(22)23-3)12-24-10-4-16(21)20-9-8-19-7-6-18/h14-15,19H,4-13,18H2,1-3H3,(H,20,21). The Bertz CT molecular complexity index is 360. The molecule has 0 bridgehead atoms. The topological polar surface area (TPSA) is 93.5 Å². The van der Waals surface area contributed by atoms with E-state index in [9.17, 15) is 9.59 Å². The van der Waals surface area contributed by atoms with Crippen LogP contribution < -0.4 is 16.4 Å². The molecule has 0 fully saturated rings. The fourth-order valence-corrected chi connectivity index (χ4v) is 4.27. The Labute approximate surface area is 161 Å². The summed E-state index contributed by atoms with van der Waals surface area (Å²) in [5.74, 6) is 4.94. The maximum absolute atomic E-state index is 11.7. The van der Waals surface area contributed by atoms with Crippen LogP contribution in [0.5, 0.6) is 0 Å². The smallest absolute Gasteiger partial charge is 0.306 e. The van der Waals surface area contributed by atoms with Gasteiger partial charge >= 0.3 is 5.97 Å². The summed E-state index contributed by atoms with van der Waals surface area (Å²) < 4.78 is 4.63. The second-order valence-corrected chi connectivity index (χ2v) is 8.37. The molecule has 0 aromatic carbocycles. The van der Waals surface area contributed by atoms with Crippen molar-refractivity contribution in [2.24, 2.45) is 17.6 Å². The van der Waals surface area contributed by atoms with E-state index in [-0.39, 0.29) is 11.9 Å². The summed E-state index contributed by atoms with van der Waals surface area (Å²) in [6.07, 6.45) is 1.05. The summed E-state index contributed by atoms with van der Waals surface area (Å²) in [4.78, 5) is 22.7. The summed E-state index contributed by atoms with van der Waals surface area (Å²) in [7, 11) is 1.42. The van der Waals surface area contributed by atoms with Crippen molar-refractivity contribution >= 4 is 35.4 Å². The normalized spacial score (nSPS) is 13.3. The Morgan fingerprint density at radius 3 is 2.16 bits per heavy atom. The molecule has 6 nitrogen and oxygen atoms in total. The van der Waals surface area contributed by atoms with Gasteiger partial charge in [-0.25, -0.2) is 0 Å². The first-order chi connectivity index (χ1) is 12.0. The van der Waals surface area contributed by atoms with Gasteiger partial charge in [0.05, 0.1) is 13.5 Å². The number of amides is 1. The minimum Gasteiger partial charge on any atom is -0.469 e. The van der Waals surface area contributed by atoms with Crippen molar-refractivity contribution in [1.29, 1.82) is 0 Å². The van der Waals surface area contributed by atoms with Crippen LogP contribution in [0.25, 0.3) is 0 Å². The molecule has 148 valence electrons. The highest BCUT2D eigenvalue weighted by molar-refractivity contribution is 7.99. The lowest BCUT2D eigenvalue weighted by molar-refractivity contribution is -0.140. The van der Waals surface area contributed by atoms with Gasteiger partial charge in [-0.1, -0.05) is 13.8 Å². The van der Waals surface area contributed by atoms with Gasteiger partial charge in [0.1, 0.15) is 0 Å². The lowest BCUT2D eigenvalue weighted by Gasteiger charge is -2.19. The number of carbonyl (C=O) groups is 2. The average Bonchev–Trinajstić information content (AvgIpc) is 2.61. The molecule has 0 radical (unpaired) electrons. The predicted octanol–water partition coefficient (Wildman–Crippen LogP) is 1.34. The van der Waals surface area contributed by atoms with Crippen LogP contribution >= 0.6 is 23.5 Å². The second-order valence-electron chi connectivity index (χ2n) is 6.07. The molecule has 0 aliphatic heterocycles. The molecule has 0 rings (SSSR count). The van der Waals surface area contributed by atoms with E-state index in [0.717, 1.165) is 36.1 Å². The molecule has 0 heterocycles. The molecule has 0 saturated carbocycles. The Morgan fingerprint density at radius 2 is 1.60 bits per heavy atom. The van der Waals surface area contributed by atoms with Crippen LogP contribution in [-0.4, -0.2) is 68.2 Å². The molecule has 2 unspecified atom stereocenters. The minimum absolute atomic E-state index is 0.112. The Kier molecular flexibility index (Phi) is 16.7. The number of nitrogens with two attached hydrogens (primary N) is 1. The number of rotatable bonds is 16. The SMILES string of the molecule is COC(=O)CCSCC(C)C(C)CSCCC(=O)NCCNCCN. The van der Waals surface area contributed by atoms with Crippen molar-refractivity contribution in [3.63, 3.8) is 0 Å². The second kappa shape index (κ2) is 17.0. The molecule has 0 aliphatic carbocycles. The van der Waals surface area contributed by atoms with Gasteiger partial charge in [0.15, 0.2) is 0 Å². The maximum atomic E-state index is 11.7. The first-order valence-corrected chi connectivity index (χ1v) is 11.2. The van der Waals surface area contributed by atoms with Crippen molar-refractivity contribution in [2.75, 3.05) is 56.3 Å². The summed E-state index contributed by atoms with van der Waals surface area (Å²) in [6, 6.07) is 0. The third-order valence-electron chi connectivity index (χ3n) is 3.83. The zero-order chi connectivity index (χ0) is 18.9. The number of hydrogen-bond donors (Lipinski definition) is 3. The van der Waals surface area contributed by atoms with Crippen molar-refractivity contribution < 1.29 is 14.3 Å². The van der Waals surface area contributed by atoms with E-state index in [0.29, 0.717) is 37.8 Å². The number of methoxy groups -OCH3 is 1. The Morgan fingerprint density at radius 1 is 1.00 bits per heavy atom. The van der Waals surface area contributed by atoms with E-state index in [4.69, 9.17) is 5.73 Å². The van der Waals surface area contributed by atoms with Crippen molar-refractivity contribution in [3.8, 4) is 0 Å². The van der Waals surface area contributed by atoms with Gasteiger partial charge in [0.25, 0.3) is 0 Å². The van der Waals surface area contributed by atoms with Crippen LogP contribution in [0.4, 0.5) is 0 Å². The van der Waals surface area contributed by atoms with Crippen LogP contribution in [0.3, 0.4) is 0 Å². The first kappa shape index (κ1) is 24.6. The van der Waals surface area contributed by atoms with Gasteiger partial charge in [0, 0.05) is 44.1 Å².